The van der Waals surface area contributed by atoms with Crippen LogP contribution in [0.3, 0.4) is 0 Å². The van der Waals surface area contributed by atoms with E-state index in [4.69, 9.17) is 4.74 Å². The molecular formula is C21H34N4O. The average molecular weight is 359 g/mol. The Morgan fingerprint density at radius 1 is 1.27 bits per heavy atom. The highest BCUT2D eigenvalue weighted by Crippen LogP contribution is 2.20. The molecule has 0 bridgehead atoms. The molecule has 1 aromatic carbocycles. The van der Waals surface area contributed by atoms with Crippen LogP contribution in [0.1, 0.15) is 38.2 Å². The molecular weight excluding hydrogens is 324 g/mol. The molecule has 2 fully saturated rings. The molecule has 26 heavy (non-hydrogen) atoms. The maximum Gasteiger partial charge on any atom is 0.193 e. The van der Waals surface area contributed by atoms with Gasteiger partial charge in [-0.2, -0.15) is 0 Å². The number of aliphatic imine (C=N–C) groups is 1. The quantitative estimate of drug-likeness (QED) is 0.601. The number of guanidine groups is 1. The summed E-state index contributed by atoms with van der Waals surface area (Å²) in [4.78, 5) is 9.59. The first-order valence-electron chi connectivity index (χ1n) is 10.2. The molecule has 3 rings (SSSR count). The molecule has 5 nitrogen and oxygen atoms in total. The summed E-state index contributed by atoms with van der Waals surface area (Å²) in [6.07, 6.45) is 6.01. The Morgan fingerprint density at radius 2 is 2.12 bits per heavy atom. The highest BCUT2D eigenvalue weighted by molar-refractivity contribution is 5.80. The second kappa shape index (κ2) is 9.81. The third-order valence-electron chi connectivity index (χ3n) is 5.40. The summed E-state index contributed by atoms with van der Waals surface area (Å²) < 4.78 is 5.73. The first-order valence-corrected chi connectivity index (χ1v) is 10.2. The molecule has 0 aromatic heterocycles. The van der Waals surface area contributed by atoms with E-state index >= 15 is 0 Å². The first kappa shape index (κ1) is 19.0. The smallest absolute Gasteiger partial charge is 0.193 e. The van der Waals surface area contributed by atoms with Gasteiger partial charge in [0.2, 0.25) is 0 Å². The monoisotopic (exact) mass is 358 g/mol. The Morgan fingerprint density at radius 3 is 2.88 bits per heavy atom. The van der Waals surface area contributed by atoms with Gasteiger partial charge in [0.25, 0.3) is 0 Å². The molecule has 0 spiro atoms. The predicted octanol–water partition coefficient (Wildman–Crippen LogP) is 2.76. The largest absolute Gasteiger partial charge is 0.494 e. The van der Waals surface area contributed by atoms with E-state index < -0.39 is 0 Å². The van der Waals surface area contributed by atoms with Crippen LogP contribution in [0.25, 0.3) is 0 Å². The Labute approximate surface area is 158 Å². The number of likely N-dealkylation sites (tertiary alicyclic amines) is 2. The van der Waals surface area contributed by atoms with E-state index in [9.17, 15) is 0 Å². The van der Waals surface area contributed by atoms with Crippen LogP contribution in [0.4, 0.5) is 0 Å². The predicted molar refractivity (Wildman–Crippen MR) is 108 cm³/mol. The maximum absolute atomic E-state index is 5.73. The lowest BCUT2D eigenvalue weighted by molar-refractivity contribution is 0.249. The molecule has 1 N–H and O–H groups in total. The molecule has 2 heterocycles. The lowest BCUT2D eigenvalue weighted by Gasteiger charge is -2.25. The summed E-state index contributed by atoms with van der Waals surface area (Å²) in [7, 11) is 1.89. The van der Waals surface area contributed by atoms with Gasteiger partial charge in [-0.1, -0.05) is 19.1 Å². The third-order valence-corrected chi connectivity index (χ3v) is 5.40. The van der Waals surface area contributed by atoms with Gasteiger partial charge in [0.15, 0.2) is 5.96 Å². The average Bonchev–Trinajstić information content (AvgIpc) is 3.35. The number of rotatable bonds is 7. The number of hydrogen-bond acceptors (Lipinski definition) is 3. The first-order chi connectivity index (χ1) is 12.8. The topological polar surface area (TPSA) is 40.1 Å². The Bertz CT molecular complexity index is 583. The number of nitrogens with one attached hydrogen (secondary N) is 1. The van der Waals surface area contributed by atoms with E-state index in [1.807, 2.05) is 13.1 Å². The molecule has 0 amide bonds. The van der Waals surface area contributed by atoms with Crippen molar-refractivity contribution < 1.29 is 4.74 Å². The maximum atomic E-state index is 5.73. The number of benzene rings is 1. The van der Waals surface area contributed by atoms with Crippen molar-refractivity contribution in [1.82, 2.24) is 15.1 Å². The number of ether oxygens (including phenoxy) is 1. The summed E-state index contributed by atoms with van der Waals surface area (Å²) >= 11 is 0. The van der Waals surface area contributed by atoms with E-state index in [2.05, 4.69) is 45.2 Å². The van der Waals surface area contributed by atoms with Gasteiger partial charge < -0.3 is 15.0 Å². The summed E-state index contributed by atoms with van der Waals surface area (Å²) in [5.74, 6) is 2.02. The van der Waals surface area contributed by atoms with Crippen LogP contribution < -0.4 is 10.1 Å². The fourth-order valence-corrected chi connectivity index (χ4v) is 4.00. The highest BCUT2D eigenvalue weighted by atomic mass is 16.5. The van der Waals surface area contributed by atoms with Gasteiger partial charge in [-0.15, -0.1) is 0 Å². The Hall–Kier alpha value is -1.75. The van der Waals surface area contributed by atoms with Crippen molar-refractivity contribution in [2.24, 2.45) is 4.99 Å². The van der Waals surface area contributed by atoms with Crippen molar-refractivity contribution in [3.63, 3.8) is 0 Å². The summed E-state index contributed by atoms with van der Waals surface area (Å²) in [6, 6.07) is 9.15. The molecule has 5 heteroatoms. The second-order valence-electron chi connectivity index (χ2n) is 7.35. The van der Waals surface area contributed by atoms with Gasteiger partial charge in [-0.3, -0.25) is 9.89 Å². The van der Waals surface area contributed by atoms with Crippen molar-refractivity contribution >= 4 is 5.96 Å². The van der Waals surface area contributed by atoms with Gasteiger partial charge in [0, 0.05) is 32.7 Å². The highest BCUT2D eigenvalue weighted by Gasteiger charge is 2.30. The van der Waals surface area contributed by atoms with Gasteiger partial charge in [-0.05, 0) is 62.9 Å². The molecule has 1 aromatic rings. The summed E-state index contributed by atoms with van der Waals surface area (Å²) in [6.45, 7) is 8.59. The fourth-order valence-electron chi connectivity index (χ4n) is 4.00. The van der Waals surface area contributed by atoms with Crippen LogP contribution in [-0.2, 0) is 6.42 Å². The van der Waals surface area contributed by atoms with E-state index in [1.54, 1.807) is 0 Å². The lowest BCUT2D eigenvalue weighted by Crippen LogP contribution is -2.43. The molecule has 2 saturated heterocycles. The van der Waals surface area contributed by atoms with E-state index in [0.717, 1.165) is 50.8 Å². The Balaban J connectivity index is 1.44. The molecule has 144 valence electrons. The minimum atomic E-state index is 0.712. The van der Waals surface area contributed by atoms with Crippen molar-refractivity contribution in [2.75, 3.05) is 46.4 Å². The van der Waals surface area contributed by atoms with Gasteiger partial charge in [0.1, 0.15) is 5.75 Å². The zero-order valence-corrected chi connectivity index (χ0v) is 16.4. The van der Waals surface area contributed by atoms with Gasteiger partial charge in [0.05, 0.1) is 6.61 Å². The number of nitrogens with zero attached hydrogens (tertiary/aromatic N) is 3. The van der Waals surface area contributed by atoms with Crippen LogP contribution in [0.5, 0.6) is 5.75 Å². The van der Waals surface area contributed by atoms with Crippen LogP contribution >= 0.6 is 0 Å². The normalized spacial score (nSPS) is 21.4. The van der Waals surface area contributed by atoms with Crippen molar-refractivity contribution in [3.05, 3.63) is 29.8 Å². The SMILES string of the molecule is CCCOc1cccc(CCNC(=NC)N2CCC(N3CCCC3)C2)c1. The van der Waals surface area contributed by atoms with Crippen LogP contribution in [0, 0.1) is 0 Å². The van der Waals surface area contributed by atoms with E-state index in [1.165, 1.54) is 37.9 Å². The minimum Gasteiger partial charge on any atom is -0.494 e. The Kier molecular flexibility index (Phi) is 7.18. The molecule has 1 unspecified atom stereocenters. The van der Waals surface area contributed by atoms with E-state index in [-0.39, 0.29) is 0 Å². The summed E-state index contributed by atoms with van der Waals surface area (Å²) in [5, 5.41) is 3.55. The van der Waals surface area contributed by atoms with E-state index in [0.29, 0.717) is 6.04 Å². The molecule has 0 radical (unpaired) electrons. The van der Waals surface area contributed by atoms with Crippen LogP contribution in [-0.4, -0.2) is 68.2 Å². The summed E-state index contributed by atoms with van der Waals surface area (Å²) in [5.41, 5.74) is 1.30. The fraction of sp³-hybridized carbons (Fsp3) is 0.667. The molecule has 1 atom stereocenters. The third kappa shape index (κ3) is 5.13. The zero-order chi connectivity index (χ0) is 18.2. The van der Waals surface area contributed by atoms with Crippen molar-refractivity contribution in [2.45, 2.75) is 45.1 Å². The lowest BCUT2D eigenvalue weighted by atomic mass is 10.1. The molecule has 2 aliphatic rings. The zero-order valence-electron chi connectivity index (χ0n) is 16.4. The molecule has 0 aliphatic carbocycles. The van der Waals surface area contributed by atoms with Gasteiger partial charge >= 0.3 is 0 Å². The number of hydrogen-bond donors (Lipinski definition) is 1. The minimum absolute atomic E-state index is 0.712. The van der Waals surface area contributed by atoms with Crippen molar-refractivity contribution in [1.29, 1.82) is 0 Å². The molecule has 2 aliphatic heterocycles. The van der Waals surface area contributed by atoms with Crippen LogP contribution in [0.15, 0.2) is 29.3 Å². The molecule has 0 saturated carbocycles. The van der Waals surface area contributed by atoms with Crippen LogP contribution in [0.2, 0.25) is 0 Å². The second-order valence-corrected chi connectivity index (χ2v) is 7.35. The standard InChI is InChI=1S/C21H34N4O/c1-3-15-26-20-8-6-7-18(16-20)9-11-23-21(22-2)25-14-10-19(17-25)24-12-4-5-13-24/h6-8,16,19H,3-5,9-15,17H2,1-2H3,(H,22,23). The van der Waals surface area contributed by atoms with Crippen molar-refractivity contribution in [3.8, 4) is 5.75 Å². The van der Waals surface area contributed by atoms with Gasteiger partial charge in [-0.25, -0.2) is 0 Å².